The van der Waals surface area contributed by atoms with Crippen LogP contribution in [-0.4, -0.2) is 11.6 Å². The first-order valence-electron chi connectivity index (χ1n) is 8.32. The number of allylic oxidation sites excluding steroid dienone is 1. The third kappa shape index (κ3) is 11.3. The van der Waals surface area contributed by atoms with Gasteiger partial charge in [0.05, 0.1) is 0 Å². The fraction of sp³-hybridized carbons (Fsp3) is 0.737. The van der Waals surface area contributed by atoms with Gasteiger partial charge in [-0.15, -0.1) is 6.58 Å². The zero-order chi connectivity index (χ0) is 16.3. The van der Waals surface area contributed by atoms with Gasteiger partial charge in [-0.25, -0.2) is 4.79 Å². The summed E-state index contributed by atoms with van der Waals surface area (Å²) in [7, 11) is 0. The maximum atomic E-state index is 11.9. The molecule has 21 heavy (non-hydrogen) atoms. The summed E-state index contributed by atoms with van der Waals surface area (Å²) in [4.78, 5) is 11.9. The largest absolute Gasteiger partial charge is 0.457 e. The Bertz CT molecular complexity index is 323. The van der Waals surface area contributed by atoms with Crippen LogP contribution in [0, 0.1) is 5.92 Å². The molecule has 0 aromatic rings. The molecule has 0 heterocycles. The summed E-state index contributed by atoms with van der Waals surface area (Å²) in [6.07, 6.45) is 11.1. The lowest BCUT2D eigenvalue weighted by atomic mass is 9.91. The molecule has 1 atom stereocenters. The Morgan fingerprint density at radius 2 is 1.86 bits per heavy atom. The summed E-state index contributed by atoms with van der Waals surface area (Å²) in [6.45, 7) is 15.6. The Balaban J connectivity index is 4.13. The number of esters is 1. The lowest BCUT2D eigenvalue weighted by molar-refractivity contribution is -0.150. The lowest BCUT2D eigenvalue weighted by Crippen LogP contribution is -2.24. The van der Waals surface area contributed by atoms with Gasteiger partial charge in [0.15, 0.2) is 0 Å². The molecule has 122 valence electrons. The van der Waals surface area contributed by atoms with Crippen LogP contribution in [0.2, 0.25) is 0 Å². The molecule has 1 unspecified atom stereocenters. The van der Waals surface area contributed by atoms with Crippen molar-refractivity contribution in [2.45, 2.75) is 84.7 Å². The molecule has 0 N–H and O–H groups in total. The van der Waals surface area contributed by atoms with Crippen molar-refractivity contribution in [3.05, 3.63) is 24.8 Å². The van der Waals surface area contributed by atoms with Crippen LogP contribution in [0.25, 0.3) is 0 Å². The molecular weight excluding hydrogens is 260 g/mol. The molecule has 0 radical (unpaired) electrons. The second kappa shape index (κ2) is 10.6. The van der Waals surface area contributed by atoms with Crippen molar-refractivity contribution in [1.29, 1.82) is 0 Å². The average Bonchev–Trinajstić information content (AvgIpc) is 2.38. The molecular formula is C19H34O2. The van der Waals surface area contributed by atoms with E-state index in [1.807, 2.05) is 26.8 Å². The monoisotopic (exact) mass is 294 g/mol. The Kier molecular flexibility index (Phi) is 10.1. The number of hydrogen-bond acceptors (Lipinski definition) is 2. The van der Waals surface area contributed by atoms with Crippen LogP contribution in [0.4, 0.5) is 0 Å². The Labute approximate surface area is 131 Å². The fourth-order valence-electron chi connectivity index (χ4n) is 2.31. The summed E-state index contributed by atoms with van der Waals surface area (Å²) in [5, 5.41) is 0. The minimum absolute atomic E-state index is 0.258. The van der Waals surface area contributed by atoms with Gasteiger partial charge < -0.3 is 4.74 Å². The zero-order valence-corrected chi connectivity index (χ0v) is 14.5. The summed E-state index contributed by atoms with van der Waals surface area (Å²) < 4.78 is 5.35. The van der Waals surface area contributed by atoms with Gasteiger partial charge in [-0.2, -0.15) is 0 Å². The molecule has 0 aliphatic rings. The van der Waals surface area contributed by atoms with Gasteiger partial charge in [0, 0.05) is 5.57 Å². The van der Waals surface area contributed by atoms with E-state index in [0.29, 0.717) is 11.5 Å². The van der Waals surface area contributed by atoms with E-state index in [4.69, 9.17) is 4.74 Å². The minimum atomic E-state index is -0.444. The molecule has 0 aromatic carbocycles. The summed E-state index contributed by atoms with van der Waals surface area (Å²) in [6, 6.07) is 0. The Morgan fingerprint density at radius 3 is 2.38 bits per heavy atom. The van der Waals surface area contributed by atoms with Gasteiger partial charge in [0.25, 0.3) is 0 Å². The topological polar surface area (TPSA) is 26.3 Å². The molecule has 0 spiro atoms. The molecule has 0 amide bonds. The van der Waals surface area contributed by atoms with Gasteiger partial charge in [0.2, 0.25) is 0 Å². The highest BCUT2D eigenvalue weighted by Gasteiger charge is 2.19. The third-order valence-electron chi connectivity index (χ3n) is 3.51. The molecule has 2 nitrogen and oxygen atoms in total. The van der Waals surface area contributed by atoms with Crippen molar-refractivity contribution in [2.24, 2.45) is 5.92 Å². The molecule has 0 saturated heterocycles. The van der Waals surface area contributed by atoms with E-state index in [2.05, 4.69) is 20.1 Å². The van der Waals surface area contributed by atoms with Gasteiger partial charge >= 0.3 is 5.97 Å². The van der Waals surface area contributed by atoms with Crippen molar-refractivity contribution < 1.29 is 9.53 Å². The van der Waals surface area contributed by atoms with E-state index in [1.165, 1.54) is 32.1 Å². The molecule has 2 heteroatoms. The molecule has 0 rings (SSSR count). The summed E-state index contributed by atoms with van der Waals surface area (Å²) in [5.74, 6) is 0.351. The van der Waals surface area contributed by atoms with Crippen LogP contribution in [-0.2, 0) is 9.53 Å². The summed E-state index contributed by atoms with van der Waals surface area (Å²) in [5.41, 5.74) is 0.147. The maximum Gasteiger partial charge on any atom is 0.333 e. The second-order valence-electron chi connectivity index (χ2n) is 6.88. The smallest absolute Gasteiger partial charge is 0.333 e. The van der Waals surface area contributed by atoms with Gasteiger partial charge in [-0.3, -0.25) is 0 Å². The van der Waals surface area contributed by atoms with Crippen LogP contribution < -0.4 is 0 Å². The van der Waals surface area contributed by atoms with E-state index in [9.17, 15) is 4.79 Å². The molecule has 0 saturated carbocycles. The molecule has 0 aromatic heterocycles. The molecule has 0 aliphatic carbocycles. The Hall–Kier alpha value is -1.05. The number of hydrogen-bond donors (Lipinski definition) is 0. The predicted molar refractivity (Wildman–Crippen MR) is 91.3 cm³/mol. The van der Waals surface area contributed by atoms with Gasteiger partial charge in [-0.05, 0) is 46.0 Å². The highest BCUT2D eigenvalue weighted by Crippen LogP contribution is 2.23. The van der Waals surface area contributed by atoms with Crippen LogP contribution >= 0.6 is 0 Å². The van der Waals surface area contributed by atoms with E-state index in [-0.39, 0.29) is 5.97 Å². The number of carbonyl (C=O) groups excluding carboxylic acids is 1. The average molecular weight is 294 g/mol. The molecule has 0 bridgehead atoms. The molecule has 0 aliphatic heterocycles. The SMILES string of the molecule is C=CCC(CCCCCC)CCC(=C)C(=O)OC(C)(C)C. The van der Waals surface area contributed by atoms with E-state index in [0.717, 1.165) is 19.3 Å². The van der Waals surface area contributed by atoms with Crippen molar-refractivity contribution in [1.82, 2.24) is 0 Å². The highest BCUT2D eigenvalue weighted by atomic mass is 16.6. The number of carbonyl (C=O) groups is 1. The normalized spacial score (nSPS) is 12.8. The highest BCUT2D eigenvalue weighted by molar-refractivity contribution is 5.87. The zero-order valence-electron chi connectivity index (χ0n) is 14.5. The molecule has 0 fully saturated rings. The minimum Gasteiger partial charge on any atom is -0.457 e. The van der Waals surface area contributed by atoms with Crippen molar-refractivity contribution in [3.63, 3.8) is 0 Å². The first-order valence-corrected chi connectivity index (χ1v) is 8.32. The van der Waals surface area contributed by atoms with Crippen LogP contribution in [0.5, 0.6) is 0 Å². The van der Waals surface area contributed by atoms with Crippen molar-refractivity contribution >= 4 is 5.97 Å². The lowest BCUT2D eigenvalue weighted by Gasteiger charge is -2.21. The first-order chi connectivity index (χ1) is 9.80. The maximum absolute atomic E-state index is 11.9. The van der Waals surface area contributed by atoms with Crippen LogP contribution in [0.3, 0.4) is 0 Å². The van der Waals surface area contributed by atoms with Gasteiger partial charge in [-0.1, -0.05) is 51.7 Å². The van der Waals surface area contributed by atoms with Crippen molar-refractivity contribution in [2.75, 3.05) is 0 Å². The van der Waals surface area contributed by atoms with Crippen molar-refractivity contribution in [3.8, 4) is 0 Å². The van der Waals surface area contributed by atoms with E-state index < -0.39 is 5.60 Å². The fourth-order valence-corrected chi connectivity index (χ4v) is 2.31. The standard InChI is InChI=1S/C19H34O2/c1-7-9-10-11-13-17(12-8-2)15-14-16(3)18(20)21-19(4,5)6/h8,17H,2-3,7,9-15H2,1,4-6H3. The first kappa shape index (κ1) is 19.9. The van der Waals surface area contributed by atoms with E-state index >= 15 is 0 Å². The van der Waals surface area contributed by atoms with Crippen LogP contribution in [0.15, 0.2) is 24.8 Å². The number of ether oxygens (including phenoxy) is 1. The second-order valence-corrected chi connectivity index (χ2v) is 6.88. The quantitative estimate of drug-likeness (QED) is 0.207. The summed E-state index contributed by atoms with van der Waals surface area (Å²) >= 11 is 0. The van der Waals surface area contributed by atoms with E-state index in [1.54, 1.807) is 0 Å². The van der Waals surface area contributed by atoms with Crippen LogP contribution in [0.1, 0.15) is 79.1 Å². The van der Waals surface area contributed by atoms with Gasteiger partial charge in [0.1, 0.15) is 5.60 Å². The predicted octanol–water partition coefficient (Wildman–Crippen LogP) is 5.83. The third-order valence-corrected chi connectivity index (χ3v) is 3.51. The Morgan fingerprint density at radius 1 is 1.19 bits per heavy atom. The number of unbranched alkanes of at least 4 members (excludes halogenated alkanes) is 3. The number of rotatable bonds is 11.